The fourth-order valence-electron chi connectivity index (χ4n) is 2.99. The van der Waals surface area contributed by atoms with Crippen LogP contribution in [0.15, 0.2) is 41.1 Å². The molecule has 7 heteroatoms. The molecule has 0 saturated heterocycles. The standard InChI is InChI=1S/C16H21N3O3S/c20-23(21)19-15-5-1-12(2-6-15)11-18-14-7-3-13(4-8-14)16-17-9-10-22-16/h3-4,7-10,12,15,18-19H,1-2,5-6,11H2,(H,20,21). The van der Waals surface area contributed by atoms with Crippen LogP contribution in [-0.2, 0) is 11.3 Å². The van der Waals surface area contributed by atoms with Gasteiger partial charge in [0.15, 0.2) is 0 Å². The summed E-state index contributed by atoms with van der Waals surface area (Å²) in [5.41, 5.74) is 2.04. The van der Waals surface area contributed by atoms with Gasteiger partial charge < -0.3 is 9.73 Å². The molecule has 1 aromatic heterocycles. The zero-order chi connectivity index (χ0) is 16.1. The molecule has 1 saturated carbocycles. The molecule has 0 amide bonds. The Kier molecular flexibility index (Phi) is 5.43. The average molecular weight is 335 g/mol. The van der Waals surface area contributed by atoms with E-state index in [1.165, 1.54) is 0 Å². The number of hydrogen-bond donors (Lipinski definition) is 3. The molecule has 1 aromatic carbocycles. The van der Waals surface area contributed by atoms with Crippen molar-refractivity contribution in [2.45, 2.75) is 31.7 Å². The Morgan fingerprint density at radius 1 is 1.22 bits per heavy atom. The van der Waals surface area contributed by atoms with Crippen molar-refractivity contribution in [2.24, 2.45) is 5.92 Å². The molecule has 0 aliphatic heterocycles. The Morgan fingerprint density at radius 3 is 2.57 bits per heavy atom. The molecule has 1 aliphatic carbocycles. The van der Waals surface area contributed by atoms with Crippen molar-refractivity contribution >= 4 is 17.0 Å². The van der Waals surface area contributed by atoms with Crippen molar-refractivity contribution in [3.05, 3.63) is 36.7 Å². The first kappa shape index (κ1) is 16.2. The number of hydrogen-bond acceptors (Lipinski definition) is 4. The molecule has 3 rings (SSSR count). The highest BCUT2D eigenvalue weighted by atomic mass is 32.2. The quantitative estimate of drug-likeness (QED) is 0.706. The van der Waals surface area contributed by atoms with Crippen LogP contribution in [0.3, 0.4) is 0 Å². The number of rotatable bonds is 6. The minimum Gasteiger partial charge on any atom is -0.445 e. The largest absolute Gasteiger partial charge is 0.445 e. The summed E-state index contributed by atoms with van der Waals surface area (Å²) in [4.78, 5) is 4.13. The van der Waals surface area contributed by atoms with Gasteiger partial charge in [-0.3, -0.25) is 4.55 Å². The Labute approximate surface area is 138 Å². The molecule has 1 unspecified atom stereocenters. The van der Waals surface area contributed by atoms with E-state index in [9.17, 15) is 4.21 Å². The summed E-state index contributed by atoms with van der Waals surface area (Å²) in [6, 6.07) is 8.21. The minimum atomic E-state index is -1.90. The van der Waals surface area contributed by atoms with Crippen LogP contribution in [0.2, 0.25) is 0 Å². The van der Waals surface area contributed by atoms with E-state index in [0.29, 0.717) is 11.8 Å². The average Bonchev–Trinajstić information content (AvgIpc) is 3.09. The molecule has 1 atom stereocenters. The summed E-state index contributed by atoms with van der Waals surface area (Å²) < 4.78 is 27.6. The number of aromatic nitrogens is 1. The molecular weight excluding hydrogens is 314 g/mol. The lowest BCUT2D eigenvalue weighted by atomic mass is 9.86. The first-order valence-electron chi connectivity index (χ1n) is 7.81. The van der Waals surface area contributed by atoms with Crippen LogP contribution < -0.4 is 10.0 Å². The predicted molar refractivity (Wildman–Crippen MR) is 90.1 cm³/mol. The molecule has 3 N–H and O–H groups in total. The number of nitrogens with one attached hydrogen (secondary N) is 2. The zero-order valence-corrected chi connectivity index (χ0v) is 13.6. The molecule has 6 nitrogen and oxygen atoms in total. The number of nitrogens with zero attached hydrogens (tertiary/aromatic N) is 1. The molecule has 2 aromatic rings. The minimum absolute atomic E-state index is 0.164. The Bertz CT molecular complexity index is 623. The second-order valence-corrected chi connectivity index (χ2v) is 6.61. The van der Waals surface area contributed by atoms with Crippen molar-refractivity contribution in [1.82, 2.24) is 9.71 Å². The number of benzene rings is 1. The first-order valence-corrected chi connectivity index (χ1v) is 8.92. The van der Waals surface area contributed by atoms with Crippen LogP contribution in [-0.4, -0.2) is 26.3 Å². The maximum absolute atomic E-state index is 10.7. The van der Waals surface area contributed by atoms with Gasteiger partial charge in [0.2, 0.25) is 17.2 Å². The molecular formula is C16H21N3O3S. The molecule has 1 heterocycles. The fraction of sp³-hybridized carbons (Fsp3) is 0.438. The summed E-state index contributed by atoms with van der Waals surface area (Å²) in [6.45, 7) is 0.924. The molecule has 0 spiro atoms. The van der Waals surface area contributed by atoms with Gasteiger partial charge in [0, 0.05) is 23.8 Å². The van der Waals surface area contributed by atoms with Crippen molar-refractivity contribution in [3.8, 4) is 11.5 Å². The van der Waals surface area contributed by atoms with Crippen LogP contribution >= 0.6 is 0 Å². The van der Waals surface area contributed by atoms with Crippen LogP contribution in [0.25, 0.3) is 11.5 Å². The maximum Gasteiger partial charge on any atom is 0.231 e. The highest BCUT2D eigenvalue weighted by Gasteiger charge is 2.21. The number of anilines is 1. The molecule has 0 radical (unpaired) electrons. The maximum atomic E-state index is 10.7. The normalized spacial score (nSPS) is 22.7. The lowest BCUT2D eigenvalue weighted by molar-refractivity contribution is 0.323. The van der Waals surface area contributed by atoms with E-state index in [2.05, 4.69) is 15.0 Å². The fourth-order valence-corrected chi connectivity index (χ4v) is 3.51. The van der Waals surface area contributed by atoms with Gasteiger partial charge in [0.25, 0.3) is 0 Å². The van der Waals surface area contributed by atoms with Crippen molar-refractivity contribution in [3.63, 3.8) is 0 Å². The summed E-state index contributed by atoms with van der Waals surface area (Å²) in [6.07, 6.45) is 7.23. The third kappa shape index (κ3) is 4.63. The third-order valence-electron chi connectivity index (χ3n) is 4.27. The molecule has 1 fully saturated rings. The van der Waals surface area contributed by atoms with Gasteiger partial charge in [-0.05, 0) is 55.9 Å². The van der Waals surface area contributed by atoms with E-state index < -0.39 is 11.3 Å². The second kappa shape index (κ2) is 7.72. The lowest BCUT2D eigenvalue weighted by Crippen LogP contribution is -2.35. The summed E-state index contributed by atoms with van der Waals surface area (Å²) in [5, 5.41) is 3.46. The monoisotopic (exact) mass is 335 g/mol. The first-order chi connectivity index (χ1) is 11.2. The van der Waals surface area contributed by atoms with Crippen molar-refractivity contribution in [1.29, 1.82) is 0 Å². The van der Waals surface area contributed by atoms with E-state index in [4.69, 9.17) is 8.97 Å². The SMILES string of the molecule is O=S(O)NC1CCC(CNc2ccc(-c3ncco3)cc2)CC1. The third-order valence-corrected chi connectivity index (χ3v) is 4.81. The van der Waals surface area contributed by atoms with Crippen molar-refractivity contribution in [2.75, 3.05) is 11.9 Å². The highest BCUT2D eigenvalue weighted by molar-refractivity contribution is 7.77. The second-order valence-electron chi connectivity index (χ2n) is 5.88. The Balaban J connectivity index is 1.45. The van der Waals surface area contributed by atoms with E-state index in [1.54, 1.807) is 12.5 Å². The predicted octanol–water partition coefficient (Wildman–Crippen LogP) is 3.04. The van der Waals surface area contributed by atoms with E-state index in [1.807, 2.05) is 24.3 Å². The van der Waals surface area contributed by atoms with Gasteiger partial charge in [-0.15, -0.1) is 0 Å². The molecule has 124 valence electrons. The summed E-state index contributed by atoms with van der Waals surface area (Å²) >= 11 is -1.90. The van der Waals surface area contributed by atoms with Gasteiger partial charge in [-0.1, -0.05) is 0 Å². The summed E-state index contributed by atoms with van der Waals surface area (Å²) in [7, 11) is 0. The highest BCUT2D eigenvalue weighted by Crippen LogP contribution is 2.25. The molecule has 1 aliphatic rings. The van der Waals surface area contributed by atoms with Crippen LogP contribution in [0.1, 0.15) is 25.7 Å². The van der Waals surface area contributed by atoms with Crippen LogP contribution in [0.5, 0.6) is 0 Å². The summed E-state index contributed by atoms with van der Waals surface area (Å²) in [5.74, 6) is 1.23. The molecule has 23 heavy (non-hydrogen) atoms. The lowest BCUT2D eigenvalue weighted by Gasteiger charge is -2.28. The van der Waals surface area contributed by atoms with E-state index in [0.717, 1.165) is 43.5 Å². The van der Waals surface area contributed by atoms with Gasteiger partial charge in [0.1, 0.15) is 6.26 Å². The van der Waals surface area contributed by atoms with E-state index in [-0.39, 0.29) is 6.04 Å². The Hall–Kier alpha value is -1.70. The van der Waals surface area contributed by atoms with Gasteiger partial charge in [-0.2, -0.15) is 0 Å². The van der Waals surface area contributed by atoms with Crippen molar-refractivity contribution < 1.29 is 13.2 Å². The zero-order valence-electron chi connectivity index (χ0n) is 12.8. The topological polar surface area (TPSA) is 87.4 Å². The number of oxazole rings is 1. The van der Waals surface area contributed by atoms with Crippen LogP contribution in [0.4, 0.5) is 5.69 Å². The van der Waals surface area contributed by atoms with Crippen LogP contribution in [0, 0.1) is 5.92 Å². The van der Waals surface area contributed by atoms with E-state index >= 15 is 0 Å². The van der Waals surface area contributed by atoms with Gasteiger partial charge >= 0.3 is 0 Å². The Morgan fingerprint density at radius 2 is 1.96 bits per heavy atom. The molecule has 0 bridgehead atoms. The van der Waals surface area contributed by atoms with Gasteiger partial charge in [-0.25, -0.2) is 13.9 Å². The van der Waals surface area contributed by atoms with Gasteiger partial charge in [0.05, 0.1) is 6.20 Å². The smallest absolute Gasteiger partial charge is 0.231 e.